The van der Waals surface area contributed by atoms with E-state index in [2.05, 4.69) is 18.9 Å². The van der Waals surface area contributed by atoms with Crippen molar-refractivity contribution in [3.63, 3.8) is 0 Å². The van der Waals surface area contributed by atoms with Gasteiger partial charge in [-0.3, -0.25) is 9.59 Å². The fraction of sp³-hybridized carbons (Fsp3) is 0.310. The number of amides is 2. The summed E-state index contributed by atoms with van der Waals surface area (Å²) in [5, 5.41) is 5.29. The number of fused-ring (bicyclic) bond motifs is 1. The van der Waals surface area contributed by atoms with Gasteiger partial charge >= 0.3 is 0 Å². The zero-order valence-electron chi connectivity index (χ0n) is 21.2. The molecule has 7 nitrogen and oxygen atoms in total. The first kappa shape index (κ1) is 23.7. The smallest absolute Gasteiger partial charge is 0.254 e. The van der Waals surface area contributed by atoms with Gasteiger partial charge in [0.15, 0.2) is 5.65 Å². The molecule has 184 valence electrons. The average molecular weight is 482 g/mol. The Morgan fingerprint density at radius 3 is 1.94 bits per heavy atom. The molecule has 4 aromatic rings. The summed E-state index contributed by atoms with van der Waals surface area (Å²) < 4.78 is 1.86. The molecule has 0 bridgehead atoms. The maximum Gasteiger partial charge on any atom is 0.254 e. The van der Waals surface area contributed by atoms with Crippen LogP contribution in [0.3, 0.4) is 0 Å². The minimum absolute atomic E-state index is 0.00766. The summed E-state index contributed by atoms with van der Waals surface area (Å²) >= 11 is 0. The van der Waals surface area contributed by atoms with E-state index in [0.29, 0.717) is 43.0 Å². The Kier molecular flexibility index (Phi) is 6.31. The summed E-state index contributed by atoms with van der Waals surface area (Å²) in [6.07, 6.45) is 1.74. The van der Waals surface area contributed by atoms with Crippen LogP contribution in [-0.2, 0) is 0 Å². The topological polar surface area (TPSA) is 71.3 Å². The molecule has 3 heterocycles. The fourth-order valence-corrected chi connectivity index (χ4v) is 4.61. The highest BCUT2D eigenvalue weighted by atomic mass is 16.2. The van der Waals surface area contributed by atoms with E-state index in [1.807, 2.05) is 82.9 Å². The lowest BCUT2D eigenvalue weighted by atomic mass is 10.0. The number of carbonyl (C=O) groups excluding carboxylic acids is 2. The molecule has 0 radical (unpaired) electrons. The second-order valence-electron chi connectivity index (χ2n) is 9.79. The van der Waals surface area contributed by atoms with Crippen LogP contribution >= 0.6 is 0 Å². The van der Waals surface area contributed by atoms with Crippen molar-refractivity contribution in [3.8, 4) is 11.3 Å². The first-order valence-electron chi connectivity index (χ1n) is 12.4. The van der Waals surface area contributed by atoms with Gasteiger partial charge in [0.25, 0.3) is 11.8 Å². The molecular weight excluding hydrogens is 450 g/mol. The molecule has 0 atom stereocenters. The summed E-state index contributed by atoms with van der Waals surface area (Å²) in [5.74, 6) is -0.0465. The lowest BCUT2D eigenvalue weighted by Crippen LogP contribution is -2.50. The van der Waals surface area contributed by atoms with Gasteiger partial charge in [-0.25, -0.2) is 9.67 Å². The van der Waals surface area contributed by atoms with E-state index in [1.165, 1.54) is 5.56 Å². The second kappa shape index (κ2) is 9.57. The third-order valence-corrected chi connectivity index (χ3v) is 6.79. The molecule has 36 heavy (non-hydrogen) atoms. The summed E-state index contributed by atoms with van der Waals surface area (Å²) in [6.45, 7) is 10.1. The quantitative estimate of drug-likeness (QED) is 0.416. The van der Waals surface area contributed by atoms with Crippen LogP contribution < -0.4 is 0 Å². The monoisotopic (exact) mass is 481 g/mol. The molecule has 0 unspecified atom stereocenters. The van der Waals surface area contributed by atoms with Crippen LogP contribution in [0.15, 0.2) is 60.8 Å². The number of piperazine rings is 1. The van der Waals surface area contributed by atoms with Crippen LogP contribution in [0.25, 0.3) is 22.3 Å². The number of carbonyl (C=O) groups is 2. The largest absolute Gasteiger partial charge is 0.335 e. The van der Waals surface area contributed by atoms with E-state index >= 15 is 0 Å². The molecule has 0 N–H and O–H groups in total. The van der Waals surface area contributed by atoms with E-state index in [1.54, 1.807) is 6.20 Å². The van der Waals surface area contributed by atoms with Gasteiger partial charge in [0.2, 0.25) is 0 Å². The molecule has 1 fully saturated rings. The van der Waals surface area contributed by atoms with Gasteiger partial charge in [0.05, 0.1) is 22.8 Å². The van der Waals surface area contributed by atoms with Gasteiger partial charge in [-0.2, -0.15) is 5.10 Å². The second-order valence-corrected chi connectivity index (χ2v) is 9.79. The van der Waals surface area contributed by atoms with Crippen molar-refractivity contribution in [3.05, 3.63) is 83.0 Å². The average Bonchev–Trinajstić information content (AvgIpc) is 3.33. The van der Waals surface area contributed by atoms with E-state index < -0.39 is 0 Å². The zero-order chi connectivity index (χ0) is 25.4. The number of aryl methyl sites for hydroxylation is 2. The molecule has 2 aromatic heterocycles. The Balaban J connectivity index is 1.42. The van der Waals surface area contributed by atoms with Crippen LogP contribution in [0.2, 0.25) is 0 Å². The van der Waals surface area contributed by atoms with Crippen molar-refractivity contribution in [2.75, 3.05) is 26.2 Å². The minimum Gasteiger partial charge on any atom is -0.335 e. The third-order valence-electron chi connectivity index (χ3n) is 6.79. The molecule has 7 heteroatoms. The van der Waals surface area contributed by atoms with Crippen molar-refractivity contribution in [1.29, 1.82) is 0 Å². The number of benzene rings is 2. The number of aromatic nitrogens is 3. The standard InChI is InChI=1S/C29H31N5O2/c1-19(2)34-27-25(18-30-34)24(17-26(31-27)22-9-5-20(3)6-10-22)29(36)33-15-13-32(14-16-33)28(35)23-11-7-21(4)8-12-23/h5-12,17-19H,13-16H2,1-4H3. The zero-order valence-corrected chi connectivity index (χ0v) is 21.2. The molecule has 0 spiro atoms. The Morgan fingerprint density at radius 1 is 0.806 bits per heavy atom. The Morgan fingerprint density at radius 2 is 1.36 bits per heavy atom. The van der Waals surface area contributed by atoms with Crippen LogP contribution in [0, 0.1) is 13.8 Å². The number of nitrogens with zero attached hydrogens (tertiary/aromatic N) is 5. The normalized spacial score (nSPS) is 14.0. The number of pyridine rings is 1. The lowest BCUT2D eigenvalue weighted by Gasteiger charge is -2.35. The van der Waals surface area contributed by atoms with Crippen molar-refractivity contribution in [2.45, 2.75) is 33.7 Å². The lowest BCUT2D eigenvalue weighted by molar-refractivity contribution is 0.0536. The summed E-state index contributed by atoms with van der Waals surface area (Å²) in [6, 6.07) is 17.8. The minimum atomic E-state index is -0.0542. The maximum absolute atomic E-state index is 13.8. The molecule has 0 aliphatic carbocycles. The van der Waals surface area contributed by atoms with Crippen molar-refractivity contribution >= 4 is 22.8 Å². The highest BCUT2D eigenvalue weighted by Crippen LogP contribution is 2.28. The molecule has 5 rings (SSSR count). The highest BCUT2D eigenvalue weighted by Gasteiger charge is 2.28. The predicted octanol–water partition coefficient (Wildman–Crippen LogP) is 4.89. The van der Waals surface area contributed by atoms with E-state index in [-0.39, 0.29) is 17.9 Å². The molecule has 0 saturated carbocycles. The van der Waals surface area contributed by atoms with Crippen LogP contribution in [0.5, 0.6) is 0 Å². The molecule has 1 aliphatic rings. The van der Waals surface area contributed by atoms with Gasteiger partial charge in [0, 0.05) is 43.3 Å². The summed E-state index contributed by atoms with van der Waals surface area (Å²) in [7, 11) is 0. The fourth-order valence-electron chi connectivity index (χ4n) is 4.61. The molecular formula is C29H31N5O2. The first-order chi connectivity index (χ1) is 17.3. The Bertz CT molecular complexity index is 1410. The highest BCUT2D eigenvalue weighted by molar-refractivity contribution is 6.06. The Hall–Kier alpha value is -4.00. The van der Waals surface area contributed by atoms with Crippen LogP contribution in [0.1, 0.15) is 51.7 Å². The van der Waals surface area contributed by atoms with Gasteiger partial charge in [-0.15, -0.1) is 0 Å². The van der Waals surface area contributed by atoms with E-state index in [0.717, 1.165) is 22.2 Å². The van der Waals surface area contributed by atoms with Crippen LogP contribution in [-0.4, -0.2) is 62.6 Å². The predicted molar refractivity (Wildman–Crippen MR) is 141 cm³/mol. The Labute approximate surface area is 211 Å². The SMILES string of the molecule is Cc1ccc(C(=O)N2CCN(C(=O)c3cc(-c4ccc(C)cc4)nc4c3cnn4C(C)C)CC2)cc1. The molecule has 2 aromatic carbocycles. The number of rotatable bonds is 4. The summed E-state index contributed by atoms with van der Waals surface area (Å²) in [5.41, 5.74) is 5.99. The molecule has 1 saturated heterocycles. The van der Waals surface area contributed by atoms with E-state index in [4.69, 9.17) is 4.98 Å². The third kappa shape index (κ3) is 4.49. The summed E-state index contributed by atoms with van der Waals surface area (Å²) in [4.78, 5) is 35.3. The van der Waals surface area contributed by atoms with Crippen molar-refractivity contribution in [2.24, 2.45) is 0 Å². The van der Waals surface area contributed by atoms with Gasteiger partial charge in [0.1, 0.15) is 0 Å². The van der Waals surface area contributed by atoms with Crippen molar-refractivity contribution in [1.82, 2.24) is 24.6 Å². The molecule has 1 aliphatic heterocycles. The van der Waals surface area contributed by atoms with Gasteiger partial charge in [-0.05, 0) is 45.9 Å². The van der Waals surface area contributed by atoms with Crippen LogP contribution in [0.4, 0.5) is 0 Å². The maximum atomic E-state index is 13.8. The first-order valence-corrected chi connectivity index (χ1v) is 12.4. The van der Waals surface area contributed by atoms with Gasteiger partial charge in [-0.1, -0.05) is 47.5 Å². The molecule has 2 amide bonds. The number of hydrogen-bond acceptors (Lipinski definition) is 4. The van der Waals surface area contributed by atoms with E-state index in [9.17, 15) is 9.59 Å². The van der Waals surface area contributed by atoms with Crippen molar-refractivity contribution < 1.29 is 9.59 Å². The van der Waals surface area contributed by atoms with Gasteiger partial charge < -0.3 is 9.80 Å². The number of hydrogen-bond donors (Lipinski definition) is 0.